The zero-order valence-corrected chi connectivity index (χ0v) is 9.32. The van der Waals surface area contributed by atoms with Crippen LogP contribution in [-0.2, 0) is 0 Å². The van der Waals surface area contributed by atoms with Crippen LogP contribution in [0.15, 0.2) is 12.1 Å². The fourth-order valence-corrected chi connectivity index (χ4v) is 1.44. The van der Waals surface area contributed by atoms with Crippen LogP contribution in [0.25, 0.3) is 0 Å². The van der Waals surface area contributed by atoms with Gasteiger partial charge in [-0.2, -0.15) is 0 Å². The summed E-state index contributed by atoms with van der Waals surface area (Å²) in [6.07, 6.45) is 2.13. The van der Waals surface area contributed by atoms with Crippen LogP contribution in [0.4, 0.5) is 8.78 Å². The standard InChI is InChI=1S/C11H11F2NOS/c12-8-3-7(11(14)16)4-9(13)10(8)15-5-6-1-2-6/h3-4,6H,1-2,5H2,(H2,14,16). The van der Waals surface area contributed by atoms with Gasteiger partial charge in [0.2, 0.25) is 0 Å². The van der Waals surface area contributed by atoms with Crippen LogP contribution in [0.3, 0.4) is 0 Å². The van der Waals surface area contributed by atoms with E-state index in [9.17, 15) is 8.78 Å². The summed E-state index contributed by atoms with van der Waals surface area (Å²) in [6, 6.07) is 2.18. The fraction of sp³-hybridized carbons (Fsp3) is 0.364. The van der Waals surface area contributed by atoms with E-state index in [4.69, 9.17) is 10.5 Å². The number of halogens is 2. The average molecular weight is 243 g/mol. The van der Waals surface area contributed by atoms with Crippen molar-refractivity contribution in [2.75, 3.05) is 6.61 Å². The maximum atomic E-state index is 13.5. The second-order valence-electron chi connectivity index (χ2n) is 3.89. The number of ether oxygens (including phenoxy) is 1. The number of hydrogen-bond donors (Lipinski definition) is 1. The second-order valence-corrected chi connectivity index (χ2v) is 4.33. The van der Waals surface area contributed by atoms with Gasteiger partial charge in [-0.3, -0.25) is 0 Å². The molecular weight excluding hydrogens is 232 g/mol. The highest BCUT2D eigenvalue weighted by atomic mass is 32.1. The largest absolute Gasteiger partial charge is 0.487 e. The number of thiocarbonyl (C=S) groups is 1. The predicted molar refractivity (Wildman–Crippen MR) is 60.5 cm³/mol. The molecule has 0 radical (unpaired) electrons. The number of benzene rings is 1. The van der Waals surface area contributed by atoms with Gasteiger partial charge < -0.3 is 10.5 Å². The second kappa shape index (κ2) is 4.33. The molecule has 5 heteroatoms. The van der Waals surface area contributed by atoms with Gasteiger partial charge in [-0.05, 0) is 30.9 Å². The zero-order chi connectivity index (χ0) is 11.7. The van der Waals surface area contributed by atoms with Gasteiger partial charge in [0.25, 0.3) is 0 Å². The van der Waals surface area contributed by atoms with Crippen LogP contribution in [-0.4, -0.2) is 11.6 Å². The molecule has 0 spiro atoms. The lowest BCUT2D eigenvalue weighted by molar-refractivity contribution is 0.270. The minimum Gasteiger partial charge on any atom is -0.487 e. The van der Waals surface area contributed by atoms with Crippen LogP contribution in [0.5, 0.6) is 5.75 Å². The molecule has 0 saturated heterocycles. The van der Waals surface area contributed by atoms with E-state index in [-0.39, 0.29) is 16.3 Å². The summed E-state index contributed by atoms with van der Waals surface area (Å²) >= 11 is 4.64. The van der Waals surface area contributed by atoms with Crippen molar-refractivity contribution in [1.29, 1.82) is 0 Å². The Morgan fingerprint density at radius 1 is 1.38 bits per heavy atom. The molecular formula is C11H11F2NOS. The Morgan fingerprint density at radius 3 is 2.38 bits per heavy atom. The van der Waals surface area contributed by atoms with Gasteiger partial charge in [0.1, 0.15) is 4.99 Å². The Balaban J connectivity index is 2.19. The van der Waals surface area contributed by atoms with Crippen molar-refractivity contribution in [3.05, 3.63) is 29.3 Å². The normalized spacial score (nSPS) is 14.9. The van der Waals surface area contributed by atoms with Gasteiger partial charge in [0.15, 0.2) is 17.4 Å². The van der Waals surface area contributed by atoms with Gasteiger partial charge in [0.05, 0.1) is 6.61 Å². The molecule has 0 aliphatic heterocycles. The maximum absolute atomic E-state index is 13.5. The molecule has 2 rings (SSSR count). The quantitative estimate of drug-likeness (QED) is 0.825. The summed E-state index contributed by atoms with van der Waals surface area (Å²) in [5.74, 6) is -1.42. The van der Waals surface area contributed by atoms with Gasteiger partial charge >= 0.3 is 0 Å². The Bertz CT molecular complexity index is 409. The Morgan fingerprint density at radius 2 is 1.94 bits per heavy atom. The third kappa shape index (κ3) is 2.47. The van der Waals surface area contributed by atoms with E-state index in [1.54, 1.807) is 0 Å². The van der Waals surface area contributed by atoms with Crippen molar-refractivity contribution in [1.82, 2.24) is 0 Å². The molecule has 1 fully saturated rings. The molecule has 2 nitrogen and oxygen atoms in total. The number of nitrogens with two attached hydrogens (primary N) is 1. The molecule has 1 aromatic carbocycles. The summed E-state index contributed by atoms with van der Waals surface area (Å²) < 4.78 is 32.0. The lowest BCUT2D eigenvalue weighted by Gasteiger charge is -2.09. The Hall–Kier alpha value is -1.23. The minimum absolute atomic E-state index is 0.0356. The minimum atomic E-state index is -0.761. The van der Waals surface area contributed by atoms with Gasteiger partial charge in [-0.1, -0.05) is 12.2 Å². The summed E-state index contributed by atoms with van der Waals surface area (Å²) in [5, 5.41) is 0. The van der Waals surface area contributed by atoms with E-state index in [1.165, 1.54) is 0 Å². The third-order valence-corrected chi connectivity index (χ3v) is 2.68. The smallest absolute Gasteiger partial charge is 0.190 e. The molecule has 1 saturated carbocycles. The third-order valence-electron chi connectivity index (χ3n) is 2.44. The van der Waals surface area contributed by atoms with Crippen molar-refractivity contribution in [3.63, 3.8) is 0 Å². The van der Waals surface area contributed by atoms with Crippen LogP contribution < -0.4 is 10.5 Å². The number of hydrogen-bond acceptors (Lipinski definition) is 2. The monoisotopic (exact) mass is 243 g/mol. The van der Waals surface area contributed by atoms with Crippen molar-refractivity contribution >= 4 is 17.2 Å². The molecule has 16 heavy (non-hydrogen) atoms. The topological polar surface area (TPSA) is 35.2 Å². The van der Waals surface area contributed by atoms with Crippen molar-refractivity contribution in [3.8, 4) is 5.75 Å². The Labute approximate surface area is 97.4 Å². The lowest BCUT2D eigenvalue weighted by atomic mass is 10.2. The molecule has 0 amide bonds. The van der Waals surface area contributed by atoms with Crippen molar-refractivity contribution in [2.45, 2.75) is 12.8 Å². The highest BCUT2D eigenvalue weighted by molar-refractivity contribution is 7.80. The Kier molecular flexibility index (Phi) is 3.05. The molecule has 1 aliphatic rings. The van der Waals surface area contributed by atoms with Gasteiger partial charge in [-0.15, -0.1) is 0 Å². The van der Waals surface area contributed by atoms with Gasteiger partial charge in [0, 0.05) is 5.56 Å². The first-order chi connectivity index (χ1) is 7.58. The first-order valence-corrected chi connectivity index (χ1v) is 5.40. The van der Waals surface area contributed by atoms with E-state index >= 15 is 0 Å². The van der Waals surface area contributed by atoms with Gasteiger partial charge in [-0.25, -0.2) is 8.78 Å². The SMILES string of the molecule is NC(=S)c1cc(F)c(OCC2CC2)c(F)c1. The summed E-state index contributed by atoms with van der Waals surface area (Å²) in [7, 11) is 0. The van der Waals surface area contributed by atoms with Crippen LogP contribution >= 0.6 is 12.2 Å². The average Bonchev–Trinajstić information content (AvgIpc) is 2.99. The summed E-state index contributed by atoms with van der Waals surface area (Å²) in [4.78, 5) is -0.0356. The van der Waals surface area contributed by atoms with Crippen LogP contribution in [0.2, 0.25) is 0 Å². The molecule has 0 unspecified atom stereocenters. The van der Waals surface area contributed by atoms with E-state index in [0.29, 0.717) is 12.5 Å². The first kappa shape index (κ1) is 11.3. The highest BCUT2D eigenvalue weighted by Gasteiger charge is 2.23. The van der Waals surface area contributed by atoms with Crippen molar-refractivity contribution < 1.29 is 13.5 Å². The fourth-order valence-electron chi connectivity index (χ4n) is 1.33. The lowest BCUT2D eigenvalue weighted by Crippen LogP contribution is -2.11. The van der Waals surface area contributed by atoms with Crippen molar-refractivity contribution in [2.24, 2.45) is 11.7 Å². The van der Waals surface area contributed by atoms with Crippen LogP contribution in [0.1, 0.15) is 18.4 Å². The molecule has 1 aliphatic carbocycles. The van der Waals surface area contributed by atoms with E-state index < -0.39 is 11.6 Å². The molecule has 0 heterocycles. The van der Waals surface area contributed by atoms with Crippen LogP contribution in [0, 0.1) is 17.6 Å². The number of rotatable bonds is 4. The molecule has 86 valence electrons. The maximum Gasteiger partial charge on any atom is 0.190 e. The molecule has 1 aromatic rings. The van der Waals surface area contributed by atoms with E-state index in [2.05, 4.69) is 12.2 Å². The highest BCUT2D eigenvalue weighted by Crippen LogP contribution is 2.31. The molecule has 0 atom stereocenters. The molecule has 0 bridgehead atoms. The zero-order valence-electron chi connectivity index (χ0n) is 8.50. The first-order valence-electron chi connectivity index (χ1n) is 4.99. The predicted octanol–water partition coefficient (Wildman–Crippen LogP) is 2.39. The molecule has 2 N–H and O–H groups in total. The molecule has 0 aromatic heterocycles. The summed E-state index contributed by atoms with van der Waals surface area (Å²) in [6.45, 7) is 0.361. The van der Waals surface area contributed by atoms with E-state index in [1.807, 2.05) is 0 Å². The van der Waals surface area contributed by atoms with E-state index in [0.717, 1.165) is 25.0 Å². The summed E-state index contributed by atoms with van der Waals surface area (Å²) in [5.41, 5.74) is 5.46.